The van der Waals surface area contributed by atoms with Gasteiger partial charge in [0.1, 0.15) is 0 Å². The first-order valence-corrected chi connectivity index (χ1v) is 4.29. The predicted molar refractivity (Wildman–Crippen MR) is 54.4 cm³/mol. The normalized spacial score (nSPS) is 9.47. The molecule has 1 amide bonds. The Hall–Kier alpha value is -1.75. The molecule has 5 nitrogen and oxygen atoms in total. The molecule has 0 aliphatic heterocycles. The van der Waals surface area contributed by atoms with Crippen molar-refractivity contribution >= 4 is 29.4 Å². The molecule has 0 saturated carbocycles. The van der Waals surface area contributed by atoms with Gasteiger partial charge in [0.05, 0.1) is 12.7 Å². The highest BCUT2D eigenvalue weighted by atomic mass is 35.5. The molecule has 15 heavy (non-hydrogen) atoms. The number of hydrogen-bond donors (Lipinski definition) is 2. The van der Waals surface area contributed by atoms with Crippen molar-refractivity contribution in [3.05, 3.63) is 28.8 Å². The van der Waals surface area contributed by atoms with Crippen molar-refractivity contribution in [3.8, 4) is 0 Å². The third-order valence-electron chi connectivity index (χ3n) is 1.58. The Labute approximate surface area is 90.6 Å². The summed E-state index contributed by atoms with van der Waals surface area (Å²) in [5, 5.41) is 11.3. The van der Waals surface area contributed by atoms with Gasteiger partial charge in [-0.05, 0) is 18.2 Å². The standard InChI is InChI=1S/C9H8ClNO4/c1-15-9(14)11-7-3-5(8(12)13)2-6(10)4-7/h2-4H,1H3,(H,11,14)(H,12,13). The highest BCUT2D eigenvalue weighted by molar-refractivity contribution is 6.31. The first-order valence-electron chi connectivity index (χ1n) is 3.92. The zero-order valence-electron chi connectivity index (χ0n) is 7.78. The average molecular weight is 230 g/mol. The maximum Gasteiger partial charge on any atom is 0.411 e. The van der Waals surface area contributed by atoms with Crippen LogP contribution in [0.15, 0.2) is 18.2 Å². The molecule has 0 fully saturated rings. The molecule has 0 bridgehead atoms. The molecule has 0 radical (unpaired) electrons. The van der Waals surface area contributed by atoms with Crippen LogP contribution < -0.4 is 5.32 Å². The highest BCUT2D eigenvalue weighted by Crippen LogP contribution is 2.19. The van der Waals surface area contributed by atoms with Gasteiger partial charge in [-0.15, -0.1) is 0 Å². The van der Waals surface area contributed by atoms with E-state index < -0.39 is 12.1 Å². The molecule has 0 aliphatic rings. The van der Waals surface area contributed by atoms with Gasteiger partial charge in [-0.1, -0.05) is 11.6 Å². The molecule has 80 valence electrons. The maximum absolute atomic E-state index is 10.8. The fraction of sp³-hybridized carbons (Fsp3) is 0.111. The summed E-state index contributed by atoms with van der Waals surface area (Å²) in [6.45, 7) is 0. The van der Waals surface area contributed by atoms with E-state index in [0.29, 0.717) is 0 Å². The van der Waals surface area contributed by atoms with Crippen molar-refractivity contribution in [2.24, 2.45) is 0 Å². The molecular weight excluding hydrogens is 222 g/mol. The Balaban J connectivity index is 2.98. The van der Waals surface area contributed by atoms with Crippen molar-refractivity contribution in [2.75, 3.05) is 12.4 Å². The van der Waals surface area contributed by atoms with Gasteiger partial charge in [-0.3, -0.25) is 5.32 Å². The number of benzene rings is 1. The van der Waals surface area contributed by atoms with Crippen molar-refractivity contribution in [1.82, 2.24) is 0 Å². The largest absolute Gasteiger partial charge is 0.478 e. The Morgan fingerprint density at radius 3 is 2.60 bits per heavy atom. The fourth-order valence-electron chi connectivity index (χ4n) is 0.954. The lowest BCUT2D eigenvalue weighted by Crippen LogP contribution is -2.11. The van der Waals surface area contributed by atoms with E-state index in [1.807, 2.05) is 0 Å². The minimum absolute atomic E-state index is 0.00565. The Morgan fingerprint density at radius 1 is 1.40 bits per heavy atom. The zero-order valence-corrected chi connectivity index (χ0v) is 8.54. The van der Waals surface area contributed by atoms with E-state index in [0.717, 1.165) is 0 Å². The van der Waals surface area contributed by atoms with E-state index in [-0.39, 0.29) is 16.3 Å². The molecule has 0 spiro atoms. The Bertz CT molecular complexity index is 405. The molecule has 6 heteroatoms. The third kappa shape index (κ3) is 3.14. The number of halogens is 1. The van der Waals surface area contributed by atoms with E-state index in [9.17, 15) is 9.59 Å². The molecule has 0 heterocycles. The minimum Gasteiger partial charge on any atom is -0.478 e. The SMILES string of the molecule is COC(=O)Nc1cc(Cl)cc(C(=O)O)c1. The van der Waals surface area contributed by atoms with Crippen molar-refractivity contribution in [1.29, 1.82) is 0 Å². The topological polar surface area (TPSA) is 75.6 Å². The molecule has 0 aromatic heterocycles. The van der Waals surface area contributed by atoms with E-state index >= 15 is 0 Å². The number of anilines is 1. The van der Waals surface area contributed by atoms with Crippen LogP contribution in [-0.2, 0) is 4.74 Å². The summed E-state index contributed by atoms with van der Waals surface area (Å²) in [6, 6.07) is 3.99. The number of carbonyl (C=O) groups is 2. The molecule has 0 atom stereocenters. The number of carboxylic acid groups (broad SMARTS) is 1. The number of carboxylic acids is 1. The van der Waals surface area contributed by atoms with Gasteiger partial charge in [0, 0.05) is 10.7 Å². The molecule has 2 N–H and O–H groups in total. The second kappa shape index (κ2) is 4.65. The fourth-order valence-corrected chi connectivity index (χ4v) is 1.19. The van der Waals surface area contributed by atoms with Crippen LogP contribution in [0.1, 0.15) is 10.4 Å². The smallest absolute Gasteiger partial charge is 0.411 e. The van der Waals surface area contributed by atoms with Crippen LogP contribution in [0.2, 0.25) is 5.02 Å². The van der Waals surface area contributed by atoms with Gasteiger partial charge in [0.2, 0.25) is 0 Å². The lowest BCUT2D eigenvalue weighted by molar-refractivity contribution is 0.0697. The summed E-state index contributed by atoms with van der Waals surface area (Å²) < 4.78 is 4.35. The van der Waals surface area contributed by atoms with Crippen LogP contribution in [0.5, 0.6) is 0 Å². The monoisotopic (exact) mass is 229 g/mol. The number of aromatic carboxylic acids is 1. The van der Waals surface area contributed by atoms with Gasteiger partial charge in [0.25, 0.3) is 0 Å². The number of ether oxygens (including phenoxy) is 1. The quantitative estimate of drug-likeness (QED) is 0.815. The first-order chi connectivity index (χ1) is 7.02. The molecule has 1 rings (SSSR count). The summed E-state index contributed by atoms with van der Waals surface area (Å²) >= 11 is 5.67. The Morgan fingerprint density at radius 2 is 2.07 bits per heavy atom. The van der Waals surface area contributed by atoms with Crippen molar-refractivity contribution in [3.63, 3.8) is 0 Å². The van der Waals surface area contributed by atoms with Gasteiger partial charge in [-0.25, -0.2) is 9.59 Å². The summed E-state index contributed by atoms with van der Waals surface area (Å²) in [7, 11) is 1.21. The molecule has 1 aromatic carbocycles. The second-order valence-electron chi connectivity index (χ2n) is 2.65. The van der Waals surface area contributed by atoms with E-state index in [1.54, 1.807) is 0 Å². The van der Waals surface area contributed by atoms with Gasteiger partial charge < -0.3 is 9.84 Å². The number of nitrogens with one attached hydrogen (secondary N) is 1. The second-order valence-corrected chi connectivity index (χ2v) is 3.09. The number of hydrogen-bond acceptors (Lipinski definition) is 3. The van der Waals surface area contributed by atoms with Gasteiger partial charge >= 0.3 is 12.1 Å². The molecule has 0 unspecified atom stereocenters. The zero-order chi connectivity index (χ0) is 11.4. The number of rotatable bonds is 2. The van der Waals surface area contributed by atoms with Gasteiger partial charge in [-0.2, -0.15) is 0 Å². The molecule has 0 saturated heterocycles. The van der Waals surface area contributed by atoms with Crippen LogP contribution in [0.25, 0.3) is 0 Å². The molecule has 0 aliphatic carbocycles. The van der Waals surface area contributed by atoms with Crippen LogP contribution in [-0.4, -0.2) is 24.3 Å². The van der Waals surface area contributed by atoms with E-state index in [1.165, 1.54) is 25.3 Å². The van der Waals surface area contributed by atoms with Crippen LogP contribution in [0.4, 0.5) is 10.5 Å². The lowest BCUT2D eigenvalue weighted by Gasteiger charge is -2.05. The summed E-state index contributed by atoms with van der Waals surface area (Å²) in [6.07, 6.45) is -0.686. The molecular formula is C9H8ClNO4. The Kier molecular flexibility index (Phi) is 3.51. The summed E-state index contributed by atoms with van der Waals surface area (Å²) in [5.41, 5.74) is 0.264. The van der Waals surface area contributed by atoms with Crippen molar-refractivity contribution in [2.45, 2.75) is 0 Å². The van der Waals surface area contributed by atoms with Crippen molar-refractivity contribution < 1.29 is 19.4 Å². The summed E-state index contributed by atoms with van der Waals surface area (Å²) in [4.78, 5) is 21.5. The maximum atomic E-state index is 10.8. The third-order valence-corrected chi connectivity index (χ3v) is 1.79. The summed E-state index contributed by atoms with van der Waals surface area (Å²) in [5.74, 6) is -1.12. The number of amides is 1. The minimum atomic E-state index is -1.12. The highest BCUT2D eigenvalue weighted by Gasteiger charge is 2.08. The number of methoxy groups -OCH3 is 1. The average Bonchev–Trinajstić information content (AvgIpc) is 2.16. The first kappa shape index (κ1) is 11.3. The van der Waals surface area contributed by atoms with Crippen LogP contribution in [0.3, 0.4) is 0 Å². The lowest BCUT2D eigenvalue weighted by atomic mass is 10.2. The van der Waals surface area contributed by atoms with Crippen LogP contribution in [0, 0.1) is 0 Å². The number of carbonyl (C=O) groups excluding carboxylic acids is 1. The van der Waals surface area contributed by atoms with Crippen LogP contribution >= 0.6 is 11.6 Å². The molecule has 1 aromatic rings. The predicted octanol–water partition coefficient (Wildman–Crippen LogP) is 2.22. The van der Waals surface area contributed by atoms with E-state index in [4.69, 9.17) is 16.7 Å². The van der Waals surface area contributed by atoms with Gasteiger partial charge in [0.15, 0.2) is 0 Å². The van der Waals surface area contributed by atoms with E-state index in [2.05, 4.69) is 10.1 Å².